The van der Waals surface area contributed by atoms with E-state index in [4.69, 9.17) is 0 Å². The largest absolute Gasteiger partial charge is 0.355 e. The summed E-state index contributed by atoms with van der Waals surface area (Å²) >= 11 is 5.44. The molecule has 1 aliphatic rings. The molecule has 0 radical (unpaired) electrons. The number of nitrogens with one attached hydrogen (secondary N) is 2. The number of nitrogens with zero attached hydrogens (tertiary/aromatic N) is 1. The molecule has 21 heavy (non-hydrogen) atoms. The van der Waals surface area contributed by atoms with Gasteiger partial charge in [-0.2, -0.15) is 11.8 Å². The minimum Gasteiger partial charge on any atom is -0.355 e. The molecule has 2 rings (SSSR count). The van der Waals surface area contributed by atoms with Crippen molar-refractivity contribution < 1.29 is 4.39 Å². The van der Waals surface area contributed by atoms with Gasteiger partial charge in [0.15, 0.2) is 5.96 Å². The zero-order chi connectivity index (χ0) is 14.4. The highest BCUT2D eigenvalue weighted by molar-refractivity contribution is 14.0. The summed E-state index contributed by atoms with van der Waals surface area (Å²) in [5.74, 6) is 1.79. The summed E-state index contributed by atoms with van der Waals surface area (Å²) < 4.78 is 14.1. The standard InChI is InChI=1S/C14H19BrFN3S.HI/c1-17-14(19-9-12-3-2-6-20-12)18-8-10-7-11(16)4-5-13(10)15;/h4-5,7,12H,2-3,6,8-9H2,1H3,(H2,17,18,19);1H. The summed E-state index contributed by atoms with van der Waals surface area (Å²) in [6, 6.07) is 4.69. The molecule has 0 aromatic heterocycles. The lowest BCUT2D eigenvalue weighted by Gasteiger charge is -2.15. The molecular weight excluding hydrogens is 468 g/mol. The predicted molar refractivity (Wildman–Crippen MR) is 103 cm³/mol. The van der Waals surface area contributed by atoms with Crippen LogP contribution in [0, 0.1) is 5.82 Å². The Kier molecular flexibility index (Phi) is 8.96. The Morgan fingerprint density at radius 1 is 1.48 bits per heavy atom. The lowest BCUT2D eigenvalue weighted by molar-refractivity contribution is 0.624. The zero-order valence-electron chi connectivity index (χ0n) is 11.9. The van der Waals surface area contributed by atoms with Crippen molar-refractivity contribution >= 4 is 57.6 Å². The van der Waals surface area contributed by atoms with E-state index in [0.29, 0.717) is 11.8 Å². The van der Waals surface area contributed by atoms with Crippen LogP contribution < -0.4 is 10.6 Å². The highest BCUT2D eigenvalue weighted by atomic mass is 127. The third-order valence-corrected chi connectivity index (χ3v) is 5.37. The number of rotatable bonds is 4. The second-order valence-electron chi connectivity index (χ2n) is 4.68. The number of hydrogen-bond acceptors (Lipinski definition) is 2. The molecule has 1 aromatic rings. The molecule has 7 heteroatoms. The van der Waals surface area contributed by atoms with Crippen LogP contribution in [0.5, 0.6) is 0 Å². The average molecular weight is 488 g/mol. The SMILES string of the molecule is CN=C(NCc1cc(F)ccc1Br)NCC1CCCS1.I. The molecule has 3 nitrogen and oxygen atoms in total. The molecule has 0 aliphatic carbocycles. The van der Waals surface area contributed by atoms with Crippen molar-refractivity contribution in [3.05, 3.63) is 34.1 Å². The van der Waals surface area contributed by atoms with E-state index in [1.165, 1.54) is 30.7 Å². The topological polar surface area (TPSA) is 36.4 Å². The maximum Gasteiger partial charge on any atom is 0.191 e. The van der Waals surface area contributed by atoms with Crippen molar-refractivity contribution in [1.29, 1.82) is 0 Å². The van der Waals surface area contributed by atoms with Gasteiger partial charge in [-0.3, -0.25) is 4.99 Å². The van der Waals surface area contributed by atoms with Crippen LogP contribution in [0.15, 0.2) is 27.7 Å². The Morgan fingerprint density at radius 2 is 2.29 bits per heavy atom. The van der Waals surface area contributed by atoms with Crippen LogP contribution in [0.3, 0.4) is 0 Å². The highest BCUT2D eigenvalue weighted by Crippen LogP contribution is 2.25. The Labute approximate surface area is 155 Å². The molecule has 1 fully saturated rings. The molecular formula is C14H20BrFIN3S. The van der Waals surface area contributed by atoms with Gasteiger partial charge in [-0.05, 0) is 42.4 Å². The smallest absolute Gasteiger partial charge is 0.191 e. The van der Waals surface area contributed by atoms with E-state index in [1.807, 2.05) is 11.8 Å². The first-order valence-electron chi connectivity index (χ1n) is 6.69. The minimum absolute atomic E-state index is 0. The van der Waals surface area contributed by atoms with Crippen LogP contribution in [0.4, 0.5) is 4.39 Å². The van der Waals surface area contributed by atoms with Crippen LogP contribution in [0.1, 0.15) is 18.4 Å². The van der Waals surface area contributed by atoms with E-state index in [0.717, 1.165) is 22.5 Å². The quantitative estimate of drug-likeness (QED) is 0.385. The first-order chi connectivity index (χ1) is 9.69. The van der Waals surface area contributed by atoms with E-state index < -0.39 is 0 Å². The van der Waals surface area contributed by atoms with Crippen molar-refractivity contribution in [3.63, 3.8) is 0 Å². The molecule has 0 bridgehead atoms. The minimum atomic E-state index is -0.227. The summed E-state index contributed by atoms with van der Waals surface area (Å²) in [4.78, 5) is 4.19. The second-order valence-corrected chi connectivity index (χ2v) is 6.94. The molecule has 2 N–H and O–H groups in total. The fourth-order valence-electron chi connectivity index (χ4n) is 2.09. The molecule has 1 unspecified atom stereocenters. The normalized spacial score (nSPS) is 18.2. The Morgan fingerprint density at radius 3 is 2.95 bits per heavy atom. The monoisotopic (exact) mass is 487 g/mol. The summed E-state index contributed by atoms with van der Waals surface area (Å²) in [6.45, 7) is 1.46. The number of thioether (sulfide) groups is 1. The highest BCUT2D eigenvalue weighted by Gasteiger charge is 2.15. The number of hydrogen-bond donors (Lipinski definition) is 2. The lowest BCUT2D eigenvalue weighted by Crippen LogP contribution is -2.39. The number of aliphatic imine (C=N–C) groups is 1. The van der Waals surface area contributed by atoms with Crippen LogP contribution in [0.2, 0.25) is 0 Å². The van der Waals surface area contributed by atoms with Crippen molar-refractivity contribution in [3.8, 4) is 0 Å². The fraction of sp³-hybridized carbons (Fsp3) is 0.500. The van der Waals surface area contributed by atoms with Gasteiger partial charge >= 0.3 is 0 Å². The van der Waals surface area contributed by atoms with Crippen LogP contribution in [-0.2, 0) is 6.54 Å². The fourth-order valence-corrected chi connectivity index (χ4v) is 3.68. The summed E-state index contributed by atoms with van der Waals surface area (Å²) in [5, 5.41) is 7.21. The van der Waals surface area contributed by atoms with Gasteiger partial charge in [0, 0.05) is 29.9 Å². The maximum atomic E-state index is 13.2. The Balaban J connectivity index is 0.00000220. The third kappa shape index (κ3) is 6.32. The van der Waals surface area contributed by atoms with E-state index >= 15 is 0 Å². The molecule has 118 valence electrons. The van der Waals surface area contributed by atoms with Crippen molar-refractivity contribution in [2.24, 2.45) is 4.99 Å². The first-order valence-corrected chi connectivity index (χ1v) is 8.53. The molecule has 1 heterocycles. The molecule has 1 atom stereocenters. The van der Waals surface area contributed by atoms with Crippen molar-refractivity contribution in [2.75, 3.05) is 19.3 Å². The van der Waals surface area contributed by atoms with Gasteiger partial charge in [0.05, 0.1) is 0 Å². The first kappa shape index (κ1) is 19.0. The van der Waals surface area contributed by atoms with E-state index in [1.54, 1.807) is 13.1 Å². The van der Waals surface area contributed by atoms with Gasteiger partial charge in [-0.15, -0.1) is 24.0 Å². The van der Waals surface area contributed by atoms with Gasteiger partial charge in [-0.1, -0.05) is 15.9 Å². The molecule has 1 aromatic carbocycles. The number of halogens is 3. The molecule has 0 saturated carbocycles. The summed E-state index contributed by atoms with van der Waals surface area (Å²) in [6.07, 6.45) is 2.57. The Bertz CT molecular complexity index is 481. The molecule has 0 amide bonds. The summed E-state index contributed by atoms with van der Waals surface area (Å²) in [7, 11) is 1.75. The third-order valence-electron chi connectivity index (χ3n) is 3.20. The Hall–Kier alpha value is -0.0200. The van der Waals surface area contributed by atoms with Crippen LogP contribution in [0.25, 0.3) is 0 Å². The van der Waals surface area contributed by atoms with E-state index in [2.05, 4.69) is 31.6 Å². The van der Waals surface area contributed by atoms with Crippen molar-refractivity contribution in [1.82, 2.24) is 10.6 Å². The van der Waals surface area contributed by atoms with Crippen molar-refractivity contribution in [2.45, 2.75) is 24.6 Å². The predicted octanol–water partition coefficient (Wildman–Crippen LogP) is 3.77. The molecule has 1 saturated heterocycles. The number of guanidine groups is 1. The molecule has 0 spiro atoms. The van der Waals surface area contributed by atoms with Gasteiger partial charge in [0.1, 0.15) is 5.82 Å². The van der Waals surface area contributed by atoms with Gasteiger partial charge in [0.25, 0.3) is 0 Å². The van der Waals surface area contributed by atoms with Crippen LogP contribution >= 0.6 is 51.7 Å². The zero-order valence-corrected chi connectivity index (χ0v) is 16.6. The van der Waals surface area contributed by atoms with Gasteiger partial charge in [-0.25, -0.2) is 4.39 Å². The lowest BCUT2D eigenvalue weighted by atomic mass is 10.2. The van der Waals surface area contributed by atoms with Gasteiger partial charge in [0.2, 0.25) is 0 Å². The van der Waals surface area contributed by atoms with E-state index in [-0.39, 0.29) is 29.8 Å². The molecule has 1 aliphatic heterocycles. The van der Waals surface area contributed by atoms with E-state index in [9.17, 15) is 4.39 Å². The second kappa shape index (κ2) is 9.89. The maximum absolute atomic E-state index is 13.2. The average Bonchev–Trinajstić information content (AvgIpc) is 2.96. The summed E-state index contributed by atoms with van der Waals surface area (Å²) in [5.41, 5.74) is 0.878. The van der Waals surface area contributed by atoms with Gasteiger partial charge < -0.3 is 10.6 Å². The van der Waals surface area contributed by atoms with Crippen LogP contribution in [-0.4, -0.2) is 30.6 Å². The number of benzene rings is 1.